The molecule has 0 aliphatic rings. The van der Waals surface area contributed by atoms with Crippen LogP contribution in [0.4, 0.5) is 10.5 Å². The van der Waals surface area contributed by atoms with Crippen molar-refractivity contribution in [2.24, 2.45) is 5.73 Å². The van der Waals surface area contributed by atoms with Crippen molar-refractivity contribution in [2.75, 3.05) is 5.32 Å². The fourth-order valence-electron chi connectivity index (χ4n) is 4.68. The molecule has 0 radical (unpaired) electrons. The third-order valence-corrected chi connectivity index (χ3v) is 6.81. The Morgan fingerprint density at radius 1 is 0.878 bits per heavy atom. The molecule has 0 heterocycles. The molecule has 9 nitrogen and oxygen atoms in total. The summed E-state index contributed by atoms with van der Waals surface area (Å²) in [6, 6.07) is 9.14. The predicted molar refractivity (Wildman–Crippen MR) is 161 cm³/mol. The van der Waals surface area contributed by atoms with Crippen LogP contribution in [0, 0.1) is 27.7 Å². The van der Waals surface area contributed by atoms with Gasteiger partial charge in [-0.15, -0.1) is 0 Å². The molecule has 0 fully saturated rings. The molecule has 2 aromatic carbocycles. The Morgan fingerprint density at radius 3 is 1.93 bits per heavy atom. The van der Waals surface area contributed by atoms with Gasteiger partial charge in [-0.2, -0.15) is 0 Å². The number of ether oxygens (including phenoxy) is 1. The molecule has 9 heteroatoms. The molecule has 2 rings (SSSR count). The molecule has 0 spiro atoms. The van der Waals surface area contributed by atoms with Gasteiger partial charge < -0.3 is 26.0 Å². The summed E-state index contributed by atoms with van der Waals surface area (Å²) in [6.07, 6.45) is -1.01. The quantitative estimate of drug-likeness (QED) is 0.375. The Morgan fingerprint density at radius 2 is 1.41 bits per heavy atom. The largest absolute Gasteiger partial charge is 0.444 e. The Kier molecular flexibility index (Phi) is 10.7. The van der Waals surface area contributed by atoms with Crippen molar-refractivity contribution in [1.29, 1.82) is 0 Å². The van der Waals surface area contributed by atoms with Crippen molar-refractivity contribution < 1.29 is 23.9 Å². The maximum atomic E-state index is 14.4. The minimum Gasteiger partial charge on any atom is -0.444 e. The SMILES string of the molecule is Cc1cccc(C(C(=O)Nc2c(C)cccc2C)N(C(=O)C(CCC(N)=O)NC(=O)OC(C)(C)C)C(C)(C)C)c1C. The van der Waals surface area contributed by atoms with E-state index < -0.39 is 47.0 Å². The lowest BCUT2D eigenvalue weighted by atomic mass is 9.90. The number of primary amides is 1. The van der Waals surface area contributed by atoms with Crippen molar-refractivity contribution in [3.63, 3.8) is 0 Å². The van der Waals surface area contributed by atoms with Gasteiger partial charge in [0.25, 0.3) is 5.91 Å². The minimum absolute atomic E-state index is 0.0575. The number of benzene rings is 2. The fraction of sp³-hybridized carbons (Fsp3) is 0.500. The molecule has 2 unspecified atom stereocenters. The number of anilines is 1. The first-order valence-corrected chi connectivity index (χ1v) is 13.9. The Bertz CT molecular complexity index is 1270. The van der Waals surface area contributed by atoms with E-state index in [1.807, 2.05) is 84.9 Å². The Hall–Kier alpha value is -3.88. The number of carbonyl (C=O) groups excluding carboxylic acids is 4. The van der Waals surface area contributed by atoms with Crippen LogP contribution in [0.15, 0.2) is 36.4 Å². The van der Waals surface area contributed by atoms with Crippen molar-refractivity contribution in [2.45, 2.75) is 105 Å². The summed E-state index contributed by atoms with van der Waals surface area (Å²) in [7, 11) is 0. The summed E-state index contributed by atoms with van der Waals surface area (Å²) in [5, 5.41) is 5.70. The molecule has 4 N–H and O–H groups in total. The second-order valence-electron chi connectivity index (χ2n) is 12.5. The van der Waals surface area contributed by atoms with E-state index in [2.05, 4.69) is 10.6 Å². The highest BCUT2D eigenvalue weighted by atomic mass is 16.6. The molecule has 224 valence electrons. The smallest absolute Gasteiger partial charge is 0.408 e. The monoisotopic (exact) mass is 566 g/mol. The van der Waals surface area contributed by atoms with E-state index in [0.29, 0.717) is 11.3 Å². The second-order valence-corrected chi connectivity index (χ2v) is 12.5. The predicted octanol–water partition coefficient (Wildman–Crippen LogP) is 5.39. The number of alkyl carbamates (subject to hydrolysis) is 1. The third-order valence-electron chi connectivity index (χ3n) is 6.81. The van der Waals surface area contributed by atoms with Crippen LogP contribution in [0.25, 0.3) is 0 Å². The van der Waals surface area contributed by atoms with E-state index in [0.717, 1.165) is 22.3 Å². The van der Waals surface area contributed by atoms with Crippen LogP contribution in [-0.4, -0.2) is 45.9 Å². The normalized spacial score (nSPS) is 13.1. The molecule has 0 bridgehead atoms. The lowest BCUT2D eigenvalue weighted by molar-refractivity contribution is -0.147. The minimum atomic E-state index is -1.17. The number of hydrogen-bond acceptors (Lipinski definition) is 5. The number of carbonyl (C=O) groups is 4. The van der Waals surface area contributed by atoms with Gasteiger partial charge in [0.2, 0.25) is 11.8 Å². The number of nitrogens with one attached hydrogen (secondary N) is 2. The first-order chi connectivity index (χ1) is 18.8. The van der Waals surface area contributed by atoms with Crippen molar-refractivity contribution in [3.8, 4) is 0 Å². The summed E-state index contributed by atoms with van der Waals surface area (Å²) in [4.78, 5) is 54.7. The van der Waals surface area contributed by atoms with Crippen LogP contribution in [0.2, 0.25) is 0 Å². The highest BCUT2D eigenvalue weighted by Crippen LogP contribution is 2.34. The number of hydrogen-bond donors (Lipinski definition) is 3. The summed E-state index contributed by atoms with van der Waals surface area (Å²) >= 11 is 0. The van der Waals surface area contributed by atoms with Gasteiger partial charge >= 0.3 is 6.09 Å². The van der Waals surface area contributed by atoms with E-state index >= 15 is 0 Å². The highest BCUT2D eigenvalue weighted by molar-refractivity contribution is 6.00. The van der Waals surface area contributed by atoms with Crippen LogP contribution in [0.3, 0.4) is 0 Å². The maximum absolute atomic E-state index is 14.4. The lowest BCUT2D eigenvalue weighted by Gasteiger charge is -2.43. The first kappa shape index (κ1) is 33.3. The van der Waals surface area contributed by atoms with E-state index in [4.69, 9.17) is 10.5 Å². The molecule has 2 aromatic rings. The average molecular weight is 567 g/mol. The molecular weight excluding hydrogens is 520 g/mol. The maximum Gasteiger partial charge on any atom is 0.408 e. The summed E-state index contributed by atoms with van der Waals surface area (Å²) < 4.78 is 5.41. The van der Waals surface area contributed by atoms with Crippen LogP contribution < -0.4 is 16.4 Å². The topological polar surface area (TPSA) is 131 Å². The number of nitrogens with zero attached hydrogens (tertiary/aromatic N) is 1. The highest BCUT2D eigenvalue weighted by Gasteiger charge is 2.42. The zero-order chi connectivity index (χ0) is 31.3. The summed E-state index contributed by atoms with van der Waals surface area (Å²) in [6.45, 7) is 18.3. The Labute approximate surface area is 244 Å². The van der Waals surface area contributed by atoms with Gasteiger partial charge in [-0.25, -0.2) is 4.79 Å². The molecule has 41 heavy (non-hydrogen) atoms. The zero-order valence-corrected chi connectivity index (χ0v) is 26.1. The van der Waals surface area contributed by atoms with E-state index in [-0.39, 0.29) is 12.8 Å². The number of para-hydroxylation sites is 1. The third kappa shape index (κ3) is 9.06. The lowest BCUT2D eigenvalue weighted by Crippen LogP contribution is -2.58. The standard InChI is InChI=1S/C32H46N4O5/c1-19-13-12-16-23(22(19)4)27(28(38)35-26-20(2)14-11-15-21(26)3)36(31(5,6)7)29(39)24(17-18-25(33)37)34-30(40)41-32(8,9)10/h11-16,24,27H,17-18H2,1-10H3,(H2,33,37)(H,34,40)(H,35,38). The molecule has 0 saturated carbocycles. The van der Waals surface area contributed by atoms with Crippen LogP contribution in [0.1, 0.15) is 88.2 Å². The van der Waals surface area contributed by atoms with Gasteiger partial charge in [0, 0.05) is 17.6 Å². The van der Waals surface area contributed by atoms with E-state index in [1.54, 1.807) is 20.8 Å². The van der Waals surface area contributed by atoms with Crippen molar-refractivity contribution in [3.05, 3.63) is 64.2 Å². The molecule has 0 aliphatic carbocycles. The second kappa shape index (κ2) is 13.2. The van der Waals surface area contributed by atoms with Gasteiger partial charge in [-0.1, -0.05) is 36.4 Å². The molecular formula is C32H46N4O5. The average Bonchev–Trinajstić information content (AvgIpc) is 2.82. The van der Waals surface area contributed by atoms with Gasteiger partial charge in [0.15, 0.2) is 0 Å². The molecule has 0 saturated heterocycles. The Balaban J connectivity index is 2.70. The van der Waals surface area contributed by atoms with Crippen molar-refractivity contribution >= 4 is 29.5 Å². The summed E-state index contributed by atoms with van der Waals surface area (Å²) in [5.74, 6) is -1.55. The zero-order valence-electron chi connectivity index (χ0n) is 26.1. The van der Waals surface area contributed by atoms with Gasteiger partial charge in [-0.05, 0) is 103 Å². The molecule has 0 aromatic heterocycles. The molecule has 2 atom stereocenters. The van der Waals surface area contributed by atoms with Crippen LogP contribution in [-0.2, 0) is 19.1 Å². The van der Waals surface area contributed by atoms with Crippen LogP contribution >= 0.6 is 0 Å². The number of amides is 4. The van der Waals surface area contributed by atoms with E-state index in [9.17, 15) is 19.2 Å². The van der Waals surface area contributed by atoms with Gasteiger partial charge in [0.05, 0.1) is 0 Å². The van der Waals surface area contributed by atoms with Gasteiger partial charge in [-0.3, -0.25) is 14.4 Å². The molecule has 4 amide bonds. The number of nitrogens with two attached hydrogens (primary N) is 1. The number of rotatable bonds is 9. The summed E-state index contributed by atoms with van der Waals surface area (Å²) in [5.41, 5.74) is 8.66. The fourth-order valence-corrected chi connectivity index (χ4v) is 4.68. The number of aryl methyl sites for hydroxylation is 3. The molecule has 0 aliphatic heterocycles. The van der Waals surface area contributed by atoms with Crippen LogP contribution in [0.5, 0.6) is 0 Å². The van der Waals surface area contributed by atoms with Gasteiger partial charge in [0.1, 0.15) is 17.7 Å². The van der Waals surface area contributed by atoms with Crippen molar-refractivity contribution in [1.82, 2.24) is 10.2 Å². The first-order valence-electron chi connectivity index (χ1n) is 13.9. The van der Waals surface area contributed by atoms with E-state index in [1.165, 1.54) is 4.90 Å².